The van der Waals surface area contributed by atoms with Crippen LogP contribution in [0.4, 0.5) is 5.82 Å². The predicted molar refractivity (Wildman–Crippen MR) is 79.6 cm³/mol. The summed E-state index contributed by atoms with van der Waals surface area (Å²) in [6.07, 6.45) is 2.72. The monoisotopic (exact) mass is 317 g/mol. The zero-order valence-electron chi connectivity index (χ0n) is 11.3. The second-order valence-corrected chi connectivity index (χ2v) is 8.06. The van der Waals surface area contributed by atoms with Crippen LogP contribution in [0.1, 0.15) is 19.8 Å². The van der Waals surface area contributed by atoms with E-state index in [0.717, 1.165) is 0 Å². The van der Waals surface area contributed by atoms with Crippen molar-refractivity contribution in [3.05, 3.63) is 18.3 Å². The predicted octanol–water partition coefficient (Wildman–Crippen LogP) is 0.703. The van der Waals surface area contributed by atoms with Gasteiger partial charge in [-0.15, -0.1) is 0 Å². The van der Waals surface area contributed by atoms with Gasteiger partial charge in [0.1, 0.15) is 5.82 Å². The summed E-state index contributed by atoms with van der Waals surface area (Å²) in [7, 11) is -4.34. The minimum absolute atomic E-state index is 0.131. The lowest BCUT2D eigenvalue weighted by molar-refractivity contribution is 0.522. The van der Waals surface area contributed by atoms with E-state index in [-0.39, 0.29) is 10.9 Å². The average Bonchev–Trinajstić information content (AvgIpc) is 2.42. The molecule has 0 aromatic carbocycles. The maximum atomic E-state index is 12.3. The van der Waals surface area contributed by atoms with Gasteiger partial charge in [-0.25, -0.2) is 18.1 Å². The topological polar surface area (TPSA) is 88.2 Å². The van der Waals surface area contributed by atoms with Crippen molar-refractivity contribution in [2.45, 2.75) is 30.7 Å². The van der Waals surface area contributed by atoms with Crippen LogP contribution in [0.5, 0.6) is 0 Å². The summed E-state index contributed by atoms with van der Waals surface area (Å²) in [5.41, 5.74) is 0. The summed E-state index contributed by atoms with van der Waals surface area (Å²) < 4.78 is 38.6. The normalized spacial score (nSPS) is 23.4. The smallest absolute Gasteiger partial charge is 0.241 e. The molecule has 0 saturated carbocycles. The first kappa shape index (κ1) is 15.4. The Labute approximate surface area is 121 Å². The van der Waals surface area contributed by atoms with Crippen molar-refractivity contribution in [3.63, 3.8) is 0 Å². The second-order valence-electron chi connectivity index (χ2n) is 4.65. The van der Waals surface area contributed by atoms with Gasteiger partial charge in [0, 0.05) is 47.2 Å². The van der Waals surface area contributed by atoms with E-state index in [2.05, 4.69) is 15.0 Å². The quantitative estimate of drug-likeness (QED) is 0.835. The number of pyridine rings is 1. The van der Waals surface area contributed by atoms with E-state index in [1.807, 2.05) is 6.92 Å². The number of hydrogen-bond acceptors (Lipinski definition) is 5. The SMILES string of the molecule is CCNc1cc(S(=O)(=O)NC2CCS(=O)CC2)ccn1. The van der Waals surface area contributed by atoms with Gasteiger partial charge in [0.2, 0.25) is 10.0 Å². The first-order valence-corrected chi connectivity index (χ1v) is 9.55. The fraction of sp³-hybridized carbons (Fsp3) is 0.583. The standard InChI is InChI=1S/C12H19N3O3S2/c1-2-13-12-9-11(3-6-14-12)20(17,18)15-10-4-7-19(16)8-5-10/h3,6,9-10,15H,2,4-5,7-8H2,1H3,(H,13,14). The molecule has 0 bridgehead atoms. The number of aromatic nitrogens is 1. The maximum absolute atomic E-state index is 12.3. The maximum Gasteiger partial charge on any atom is 0.241 e. The summed E-state index contributed by atoms with van der Waals surface area (Å²) in [6, 6.07) is 2.87. The average molecular weight is 317 g/mol. The number of sulfonamides is 1. The highest BCUT2D eigenvalue weighted by molar-refractivity contribution is 7.89. The molecule has 2 rings (SSSR count). The van der Waals surface area contributed by atoms with Gasteiger partial charge in [0.25, 0.3) is 0 Å². The van der Waals surface area contributed by atoms with Crippen molar-refractivity contribution < 1.29 is 12.6 Å². The summed E-state index contributed by atoms with van der Waals surface area (Å²) in [4.78, 5) is 4.26. The van der Waals surface area contributed by atoms with Gasteiger partial charge < -0.3 is 5.32 Å². The van der Waals surface area contributed by atoms with Crippen LogP contribution in [0, 0.1) is 0 Å². The third-order valence-electron chi connectivity index (χ3n) is 3.11. The second kappa shape index (κ2) is 6.64. The number of anilines is 1. The summed E-state index contributed by atoms with van der Waals surface area (Å²) in [6.45, 7) is 2.60. The minimum Gasteiger partial charge on any atom is -0.370 e. The molecule has 20 heavy (non-hydrogen) atoms. The summed E-state index contributed by atoms with van der Waals surface area (Å²) >= 11 is 0. The highest BCUT2D eigenvalue weighted by Crippen LogP contribution is 2.16. The summed E-state index contributed by atoms with van der Waals surface area (Å²) in [5, 5.41) is 2.99. The molecule has 2 heterocycles. The van der Waals surface area contributed by atoms with Crippen molar-refractivity contribution in [3.8, 4) is 0 Å². The highest BCUT2D eigenvalue weighted by atomic mass is 32.2. The third-order valence-corrected chi connectivity index (χ3v) is 6.01. The van der Waals surface area contributed by atoms with Crippen LogP contribution in [0.3, 0.4) is 0 Å². The van der Waals surface area contributed by atoms with Crippen LogP contribution in [-0.2, 0) is 20.8 Å². The van der Waals surface area contributed by atoms with E-state index in [1.165, 1.54) is 18.3 Å². The molecule has 0 radical (unpaired) electrons. The first-order chi connectivity index (χ1) is 9.51. The Balaban J connectivity index is 2.09. The Kier molecular flexibility index (Phi) is 5.11. The Bertz CT molecular complexity index is 579. The first-order valence-electron chi connectivity index (χ1n) is 6.58. The molecule has 8 heteroatoms. The molecule has 1 aromatic heterocycles. The van der Waals surface area contributed by atoms with Crippen LogP contribution in [0.15, 0.2) is 23.2 Å². The van der Waals surface area contributed by atoms with Gasteiger partial charge in [-0.3, -0.25) is 4.21 Å². The molecule has 1 fully saturated rings. The molecule has 0 spiro atoms. The molecule has 1 saturated heterocycles. The zero-order valence-corrected chi connectivity index (χ0v) is 13.0. The van der Waals surface area contributed by atoms with E-state index >= 15 is 0 Å². The van der Waals surface area contributed by atoms with Gasteiger partial charge in [0.05, 0.1) is 4.90 Å². The van der Waals surface area contributed by atoms with Crippen LogP contribution in [-0.4, -0.2) is 41.7 Å². The van der Waals surface area contributed by atoms with Gasteiger partial charge in [-0.2, -0.15) is 0 Å². The van der Waals surface area contributed by atoms with Crippen molar-refractivity contribution >= 4 is 26.6 Å². The number of rotatable bonds is 5. The molecule has 0 atom stereocenters. The fourth-order valence-corrected chi connectivity index (χ4v) is 4.67. The van der Waals surface area contributed by atoms with Crippen LogP contribution in [0.2, 0.25) is 0 Å². The minimum atomic E-state index is -3.55. The van der Waals surface area contributed by atoms with Gasteiger partial charge in [-0.05, 0) is 25.8 Å². The van der Waals surface area contributed by atoms with Gasteiger partial charge in [-0.1, -0.05) is 0 Å². The van der Waals surface area contributed by atoms with E-state index in [4.69, 9.17) is 0 Å². The fourth-order valence-electron chi connectivity index (χ4n) is 2.06. The van der Waals surface area contributed by atoms with E-state index < -0.39 is 20.8 Å². The van der Waals surface area contributed by atoms with Crippen molar-refractivity contribution in [2.75, 3.05) is 23.4 Å². The largest absolute Gasteiger partial charge is 0.370 e. The number of nitrogens with one attached hydrogen (secondary N) is 2. The molecule has 1 aliphatic rings. The van der Waals surface area contributed by atoms with Crippen molar-refractivity contribution in [1.82, 2.24) is 9.71 Å². The van der Waals surface area contributed by atoms with Gasteiger partial charge >= 0.3 is 0 Å². The molecular formula is C12H19N3O3S2. The Hall–Kier alpha value is -0.990. The molecule has 1 aliphatic heterocycles. The highest BCUT2D eigenvalue weighted by Gasteiger charge is 2.24. The molecular weight excluding hydrogens is 298 g/mol. The Morgan fingerprint density at radius 3 is 2.75 bits per heavy atom. The molecule has 0 amide bonds. The Morgan fingerprint density at radius 2 is 2.10 bits per heavy atom. The van der Waals surface area contributed by atoms with Crippen LogP contribution < -0.4 is 10.0 Å². The lowest BCUT2D eigenvalue weighted by atomic mass is 10.2. The van der Waals surface area contributed by atoms with Crippen LogP contribution >= 0.6 is 0 Å². The molecule has 2 N–H and O–H groups in total. The van der Waals surface area contributed by atoms with Crippen molar-refractivity contribution in [1.29, 1.82) is 0 Å². The summed E-state index contributed by atoms with van der Waals surface area (Å²) in [5.74, 6) is 1.67. The lowest BCUT2D eigenvalue weighted by Gasteiger charge is -2.22. The van der Waals surface area contributed by atoms with Crippen molar-refractivity contribution in [2.24, 2.45) is 0 Å². The van der Waals surface area contributed by atoms with E-state index in [0.29, 0.717) is 36.7 Å². The molecule has 0 aliphatic carbocycles. The molecule has 6 nitrogen and oxygen atoms in total. The molecule has 1 aromatic rings. The third kappa shape index (κ3) is 4.00. The zero-order chi connectivity index (χ0) is 14.6. The molecule has 112 valence electrons. The van der Waals surface area contributed by atoms with Gasteiger partial charge in [0.15, 0.2) is 0 Å². The van der Waals surface area contributed by atoms with Crippen LogP contribution in [0.25, 0.3) is 0 Å². The Morgan fingerprint density at radius 1 is 1.40 bits per heavy atom. The molecule has 0 unspecified atom stereocenters. The van der Waals surface area contributed by atoms with E-state index in [9.17, 15) is 12.6 Å². The number of hydrogen-bond donors (Lipinski definition) is 2. The lowest BCUT2D eigenvalue weighted by Crippen LogP contribution is -2.39. The van der Waals surface area contributed by atoms with E-state index in [1.54, 1.807) is 0 Å². The number of nitrogens with zero attached hydrogens (tertiary/aromatic N) is 1.